The van der Waals surface area contributed by atoms with Crippen molar-refractivity contribution in [1.82, 2.24) is 15.0 Å². The summed E-state index contributed by atoms with van der Waals surface area (Å²) in [4.78, 5) is 35.8. The highest BCUT2D eigenvalue weighted by molar-refractivity contribution is 5.90. The van der Waals surface area contributed by atoms with Gasteiger partial charge in [-0.1, -0.05) is 0 Å². The summed E-state index contributed by atoms with van der Waals surface area (Å²) in [6, 6.07) is 2.71. The zero-order valence-electron chi connectivity index (χ0n) is 12.5. The highest BCUT2D eigenvalue weighted by atomic mass is 16.5. The lowest BCUT2D eigenvalue weighted by atomic mass is 10.2. The molecule has 1 N–H and O–H groups in total. The molecule has 1 atom stereocenters. The number of aryl methyl sites for hydroxylation is 1. The summed E-state index contributed by atoms with van der Waals surface area (Å²) in [6.45, 7) is 1.84. The Morgan fingerprint density at radius 1 is 1.23 bits per heavy atom. The summed E-state index contributed by atoms with van der Waals surface area (Å²) in [5.74, 6) is -0.775. The number of methoxy groups -OCH3 is 2. The van der Waals surface area contributed by atoms with Crippen LogP contribution in [0.3, 0.4) is 0 Å². The number of hydrogen-bond acceptors (Lipinski definition) is 8. The molecule has 116 valence electrons. The number of aromatic nitrogens is 3. The Morgan fingerprint density at radius 3 is 2.68 bits per heavy atom. The van der Waals surface area contributed by atoms with E-state index in [-0.39, 0.29) is 6.42 Å². The molecule has 8 nitrogen and oxygen atoms in total. The maximum absolute atomic E-state index is 11.8. The molecule has 0 bridgehead atoms. The molecule has 2 rings (SSSR count). The summed E-state index contributed by atoms with van der Waals surface area (Å²) in [5.41, 5.74) is 1.93. The third-order valence-corrected chi connectivity index (χ3v) is 3.02. The fourth-order valence-electron chi connectivity index (χ4n) is 1.89. The zero-order chi connectivity index (χ0) is 16.1. The Morgan fingerprint density at radius 2 is 2.00 bits per heavy atom. The monoisotopic (exact) mass is 304 g/mol. The van der Waals surface area contributed by atoms with E-state index in [1.807, 2.05) is 13.0 Å². The first-order chi connectivity index (χ1) is 10.5. The van der Waals surface area contributed by atoms with Gasteiger partial charge in [0, 0.05) is 5.69 Å². The van der Waals surface area contributed by atoms with Crippen molar-refractivity contribution in [1.29, 1.82) is 0 Å². The smallest absolute Gasteiger partial charge is 0.328 e. The topological polar surface area (TPSA) is 103 Å². The number of carbonyl (C=O) groups excluding carboxylic acids is 2. The fraction of sp³-hybridized carbons (Fsp3) is 0.357. The van der Waals surface area contributed by atoms with Gasteiger partial charge in [0.1, 0.15) is 17.9 Å². The summed E-state index contributed by atoms with van der Waals surface area (Å²) < 4.78 is 9.28. The number of nitrogens with one attached hydrogen (secondary N) is 1. The largest absolute Gasteiger partial charge is 0.469 e. The van der Waals surface area contributed by atoms with Crippen molar-refractivity contribution >= 4 is 28.8 Å². The van der Waals surface area contributed by atoms with Crippen molar-refractivity contribution in [3.8, 4) is 0 Å². The minimum Gasteiger partial charge on any atom is -0.469 e. The van der Waals surface area contributed by atoms with E-state index < -0.39 is 18.0 Å². The minimum atomic E-state index is -0.919. The number of ether oxygens (including phenoxy) is 2. The molecule has 0 saturated carbocycles. The molecular formula is C14H16N4O4. The lowest BCUT2D eigenvalue weighted by Gasteiger charge is -2.16. The van der Waals surface area contributed by atoms with Crippen LogP contribution in [0.4, 0.5) is 5.82 Å². The first-order valence-corrected chi connectivity index (χ1v) is 6.54. The zero-order valence-corrected chi connectivity index (χ0v) is 12.5. The van der Waals surface area contributed by atoms with E-state index in [2.05, 4.69) is 25.0 Å². The number of fused-ring (bicyclic) bond motifs is 1. The van der Waals surface area contributed by atoms with Crippen LogP contribution in [0.1, 0.15) is 12.1 Å². The first kappa shape index (κ1) is 15.6. The number of nitrogens with zero attached hydrogens (tertiary/aromatic N) is 3. The molecular weight excluding hydrogens is 288 g/mol. The molecule has 0 aliphatic rings. The Balaban J connectivity index is 2.35. The van der Waals surface area contributed by atoms with Gasteiger partial charge >= 0.3 is 11.9 Å². The van der Waals surface area contributed by atoms with Gasteiger partial charge in [-0.15, -0.1) is 0 Å². The van der Waals surface area contributed by atoms with Crippen LogP contribution >= 0.6 is 0 Å². The lowest BCUT2D eigenvalue weighted by Crippen LogP contribution is -2.34. The van der Waals surface area contributed by atoms with Gasteiger partial charge in [-0.25, -0.2) is 19.7 Å². The summed E-state index contributed by atoms with van der Waals surface area (Å²) in [5, 5.41) is 2.88. The van der Waals surface area contributed by atoms with E-state index in [0.717, 1.165) is 5.69 Å². The average Bonchev–Trinajstić information content (AvgIpc) is 2.53. The Bertz CT molecular complexity index is 704. The molecule has 2 aromatic rings. The Kier molecular flexibility index (Phi) is 4.82. The van der Waals surface area contributed by atoms with E-state index in [1.165, 1.54) is 20.5 Å². The molecule has 0 amide bonds. The van der Waals surface area contributed by atoms with Crippen molar-refractivity contribution < 1.29 is 19.1 Å². The lowest BCUT2D eigenvalue weighted by molar-refractivity contribution is -0.148. The van der Waals surface area contributed by atoms with E-state index in [9.17, 15) is 9.59 Å². The molecule has 2 heterocycles. The summed E-state index contributed by atoms with van der Waals surface area (Å²) in [6.07, 6.45) is 1.18. The van der Waals surface area contributed by atoms with E-state index in [0.29, 0.717) is 16.9 Å². The van der Waals surface area contributed by atoms with Gasteiger partial charge in [-0.05, 0) is 19.1 Å². The molecule has 1 unspecified atom stereocenters. The highest BCUT2D eigenvalue weighted by Gasteiger charge is 2.24. The van der Waals surface area contributed by atoms with Crippen LogP contribution in [0.2, 0.25) is 0 Å². The second-order valence-electron chi connectivity index (χ2n) is 4.54. The molecule has 0 radical (unpaired) electrons. The molecule has 0 aromatic carbocycles. The van der Waals surface area contributed by atoms with Crippen LogP contribution in [0.15, 0.2) is 18.5 Å². The standard InChI is InChI=1S/C14H16N4O4/c1-8-4-5-9-12(17-8)13(16-7-15-9)18-10(14(20)22-3)6-11(19)21-2/h4-5,7,10H,6H2,1-3H3,(H,15,16,18). The number of carbonyl (C=O) groups is 2. The Hall–Kier alpha value is -2.77. The predicted octanol–water partition coefficient (Wildman–Crippen LogP) is 0.850. The van der Waals surface area contributed by atoms with E-state index in [4.69, 9.17) is 4.74 Å². The third kappa shape index (κ3) is 3.46. The highest BCUT2D eigenvalue weighted by Crippen LogP contribution is 2.19. The van der Waals surface area contributed by atoms with E-state index >= 15 is 0 Å². The number of esters is 2. The second-order valence-corrected chi connectivity index (χ2v) is 4.54. The van der Waals surface area contributed by atoms with Crippen molar-refractivity contribution in [2.45, 2.75) is 19.4 Å². The molecule has 0 spiro atoms. The average molecular weight is 304 g/mol. The van der Waals surface area contributed by atoms with Crippen LogP contribution in [-0.2, 0) is 19.1 Å². The maximum Gasteiger partial charge on any atom is 0.328 e. The second kappa shape index (κ2) is 6.79. The SMILES string of the molecule is COC(=O)CC(Nc1ncnc2ccc(C)nc12)C(=O)OC. The van der Waals surface area contributed by atoms with E-state index in [1.54, 1.807) is 6.07 Å². The molecule has 0 aliphatic heterocycles. The number of anilines is 1. The van der Waals surface area contributed by atoms with Crippen molar-refractivity contribution in [3.63, 3.8) is 0 Å². The van der Waals surface area contributed by atoms with Crippen molar-refractivity contribution in [2.24, 2.45) is 0 Å². The van der Waals surface area contributed by atoms with Crippen LogP contribution in [0, 0.1) is 6.92 Å². The fourth-order valence-corrected chi connectivity index (χ4v) is 1.89. The first-order valence-electron chi connectivity index (χ1n) is 6.54. The van der Waals surface area contributed by atoms with Crippen molar-refractivity contribution in [2.75, 3.05) is 19.5 Å². The predicted molar refractivity (Wildman–Crippen MR) is 78.1 cm³/mol. The molecule has 8 heteroatoms. The van der Waals surface area contributed by atoms with Gasteiger partial charge in [0.15, 0.2) is 5.82 Å². The van der Waals surface area contributed by atoms with Gasteiger partial charge in [-0.2, -0.15) is 0 Å². The van der Waals surface area contributed by atoms with Gasteiger partial charge in [0.05, 0.1) is 26.2 Å². The minimum absolute atomic E-state index is 0.180. The molecule has 22 heavy (non-hydrogen) atoms. The number of rotatable bonds is 5. The molecule has 0 saturated heterocycles. The number of pyridine rings is 1. The molecule has 0 fully saturated rings. The van der Waals surface area contributed by atoms with Gasteiger partial charge < -0.3 is 14.8 Å². The third-order valence-electron chi connectivity index (χ3n) is 3.02. The Labute approximate surface area is 126 Å². The number of hydrogen-bond donors (Lipinski definition) is 1. The maximum atomic E-state index is 11.8. The van der Waals surface area contributed by atoms with Crippen molar-refractivity contribution in [3.05, 3.63) is 24.2 Å². The van der Waals surface area contributed by atoms with Gasteiger partial charge in [-0.3, -0.25) is 4.79 Å². The molecule has 0 aliphatic carbocycles. The summed E-state index contributed by atoms with van der Waals surface area (Å²) >= 11 is 0. The summed E-state index contributed by atoms with van der Waals surface area (Å²) in [7, 11) is 2.50. The van der Waals surface area contributed by atoms with Crippen LogP contribution in [0.25, 0.3) is 11.0 Å². The quantitative estimate of drug-likeness (QED) is 0.811. The van der Waals surface area contributed by atoms with Crippen LogP contribution in [-0.4, -0.2) is 47.2 Å². The van der Waals surface area contributed by atoms with Crippen LogP contribution in [0.5, 0.6) is 0 Å². The van der Waals surface area contributed by atoms with Crippen LogP contribution < -0.4 is 5.32 Å². The van der Waals surface area contributed by atoms with Gasteiger partial charge in [0.25, 0.3) is 0 Å². The molecule has 2 aromatic heterocycles. The van der Waals surface area contributed by atoms with Gasteiger partial charge in [0.2, 0.25) is 0 Å². The normalized spacial score (nSPS) is 11.8.